The minimum atomic E-state index is 0.119. The number of halogens is 1. The molecule has 4 heteroatoms. The molecule has 0 saturated carbocycles. The first kappa shape index (κ1) is 14.1. The zero-order valence-electron chi connectivity index (χ0n) is 11.9. The molecule has 102 valence electrons. The van der Waals surface area contributed by atoms with Crippen LogP contribution in [0.15, 0.2) is 18.2 Å². The highest BCUT2D eigenvalue weighted by Crippen LogP contribution is 2.25. The Kier molecular flexibility index (Phi) is 3.97. The van der Waals surface area contributed by atoms with Crippen molar-refractivity contribution in [3.63, 3.8) is 0 Å². The van der Waals surface area contributed by atoms with Crippen LogP contribution in [0.1, 0.15) is 29.4 Å². The van der Waals surface area contributed by atoms with E-state index >= 15 is 0 Å². The summed E-state index contributed by atoms with van der Waals surface area (Å²) in [6.07, 6.45) is 0.826. The lowest BCUT2D eigenvalue weighted by atomic mass is 10.0. The van der Waals surface area contributed by atoms with E-state index in [0.29, 0.717) is 0 Å². The molecule has 2 N–H and O–H groups in total. The first-order valence-corrected chi connectivity index (χ1v) is 6.85. The minimum Gasteiger partial charge on any atom is -0.328 e. The largest absolute Gasteiger partial charge is 0.328 e. The van der Waals surface area contributed by atoms with Gasteiger partial charge in [0.25, 0.3) is 0 Å². The van der Waals surface area contributed by atoms with Crippen LogP contribution in [0.25, 0.3) is 5.69 Å². The summed E-state index contributed by atoms with van der Waals surface area (Å²) < 4.78 is 1.91. The van der Waals surface area contributed by atoms with Crippen LogP contribution >= 0.6 is 11.6 Å². The van der Waals surface area contributed by atoms with Crippen LogP contribution in [0.5, 0.6) is 0 Å². The lowest BCUT2D eigenvalue weighted by Gasteiger charge is -2.14. The summed E-state index contributed by atoms with van der Waals surface area (Å²) in [5.41, 5.74) is 11.3. The molecule has 0 aliphatic heterocycles. The molecule has 0 amide bonds. The third kappa shape index (κ3) is 2.82. The molecule has 0 aliphatic rings. The number of hydrogen-bond acceptors (Lipinski definition) is 2. The second kappa shape index (κ2) is 5.35. The fourth-order valence-corrected chi connectivity index (χ4v) is 2.41. The smallest absolute Gasteiger partial charge is 0.0848 e. The zero-order valence-corrected chi connectivity index (χ0v) is 12.6. The summed E-state index contributed by atoms with van der Waals surface area (Å²) in [6, 6.07) is 6.46. The molecule has 0 bridgehead atoms. The molecule has 0 fully saturated rings. The van der Waals surface area contributed by atoms with Crippen LogP contribution < -0.4 is 5.73 Å². The number of hydrogen-bond donors (Lipinski definition) is 1. The fourth-order valence-electron chi connectivity index (χ4n) is 2.29. The average Bonchev–Trinajstić information content (AvgIpc) is 2.57. The van der Waals surface area contributed by atoms with E-state index in [2.05, 4.69) is 30.2 Å². The van der Waals surface area contributed by atoms with Crippen LogP contribution in [0, 0.1) is 20.8 Å². The van der Waals surface area contributed by atoms with Gasteiger partial charge in [-0.1, -0.05) is 29.3 Å². The highest BCUT2D eigenvalue weighted by Gasteiger charge is 2.14. The zero-order chi connectivity index (χ0) is 14.2. The van der Waals surface area contributed by atoms with Gasteiger partial charge < -0.3 is 5.73 Å². The minimum absolute atomic E-state index is 0.119. The Hall–Kier alpha value is -1.32. The van der Waals surface area contributed by atoms with Gasteiger partial charge in [-0.2, -0.15) is 5.10 Å². The monoisotopic (exact) mass is 277 g/mol. The Labute approximate surface area is 119 Å². The Morgan fingerprint density at radius 2 is 2.00 bits per heavy atom. The van der Waals surface area contributed by atoms with E-state index in [0.717, 1.165) is 28.5 Å². The van der Waals surface area contributed by atoms with Crippen LogP contribution in [-0.4, -0.2) is 15.8 Å². The Morgan fingerprint density at radius 1 is 1.32 bits per heavy atom. The average molecular weight is 278 g/mol. The van der Waals surface area contributed by atoms with E-state index in [4.69, 9.17) is 17.3 Å². The van der Waals surface area contributed by atoms with Gasteiger partial charge in [-0.05, 0) is 45.7 Å². The van der Waals surface area contributed by atoms with E-state index in [-0.39, 0.29) is 6.04 Å². The van der Waals surface area contributed by atoms with Crippen molar-refractivity contribution in [3.8, 4) is 5.69 Å². The van der Waals surface area contributed by atoms with Crippen molar-refractivity contribution in [1.29, 1.82) is 0 Å². The Morgan fingerprint density at radius 3 is 2.53 bits per heavy atom. The molecule has 19 heavy (non-hydrogen) atoms. The van der Waals surface area contributed by atoms with Gasteiger partial charge in [0, 0.05) is 6.04 Å². The maximum absolute atomic E-state index is 6.23. The third-order valence-electron chi connectivity index (χ3n) is 3.21. The maximum Gasteiger partial charge on any atom is 0.0848 e. The van der Waals surface area contributed by atoms with Crippen molar-refractivity contribution < 1.29 is 0 Å². The number of rotatable bonds is 3. The fraction of sp³-hybridized carbons (Fsp3) is 0.400. The molecule has 3 nitrogen and oxygen atoms in total. The van der Waals surface area contributed by atoms with Crippen molar-refractivity contribution in [3.05, 3.63) is 45.7 Å². The van der Waals surface area contributed by atoms with Gasteiger partial charge in [0.05, 0.1) is 22.1 Å². The Balaban J connectivity index is 2.57. The van der Waals surface area contributed by atoms with Crippen molar-refractivity contribution in [1.82, 2.24) is 9.78 Å². The van der Waals surface area contributed by atoms with Crippen LogP contribution in [0.4, 0.5) is 0 Å². The SMILES string of the molecule is Cc1ccc(-n2nc(C)c(Cl)c2C)c(CC(C)N)c1. The normalized spacial score (nSPS) is 12.7. The maximum atomic E-state index is 6.23. The molecule has 1 aromatic heterocycles. The molecular weight excluding hydrogens is 258 g/mol. The molecule has 1 aromatic carbocycles. The molecule has 0 saturated heterocycles. The predicted octanol–water partition coefficient (Wildman–Crippen LogP) is 3.34. The molecular formula is C15H20ClN3. The molecule has 2 rings (SSSR count). The van der Waals surface area contributed by atoms with Gasteiger partial charge in [0.1, 0.15) is 0 Å². The highest BCUT2D eigenvalue weighted by molar-refractivity contribution is 6.31. The summed E-state index contributed by atoms with van der Waals surface area (Å²) in [7, 11) is 0. The van der Waals surface area contributed by atoms with E-state index < -0.39 is 0 Å². The number of aryl methyl sites for hydroxylation is 2. The summed E-state index contributed by atoms with van der Waals surface area (Å²) in [5, 5.41) is 5.25. The molecule has 1 unspecified atom stereocenters. The van der Waals surface area contributed by atoms with Gasteiger partial charge in [-0.25, -0.2) is 4.68 Å². The topological polar surface area (TPSA) is 43.8 Å². The number of nitrogens with two attached hydrogens (primary N) is 1. The van der Waals surface area contributed by atoms with Gasteiger partial charge in [0.2, 0.25) is 0 Å². The van der Waals surface area contributed by atoms with Crippen molar-refractivity contribution in [2.75, 3.05) is 0 Å². The number of aromatic nitrogens is 2. The van der Waals surface area contributed by atoms with Crippen LogP contribution in [0.2, 0.25) is 5.02 Å². The lowest BCUT2D eigenvalue weighted by molar-refractivity contribution is 0.723. The summed E-state index contributed by atoms with van der Waals surface area (Å²) in [5.74, 6) is 0. The van der Waals surface area contributed by atoms with Crippen molar-refractivity contribution in [2.24, 2.45) is 5.73 Å². The van der Waals surface area contributed by atoms with E-state index in [1.165, 1.54) is 11.1 Å². The standard InChI is InChI=1S/C15H20ClN3/c1-9-5-6-14(13(7-9)8-10(2)17)19-12(4)15(16)11(3)18-19/h5-7,10H,8,17H2,1-4H3. The summed E-state index contributed by atoms with van der Waals surface area (Å²) >= 11 is 6.23. The second-order valence-electron chi connectivity index (χ2n) is 5.21. The van der Waals surface area contributed by atoms with Gasteiger partial charge >= 0.3 is 0 Å². The molecule has 1 heterocycles. The van der Waals surface area contributed by atoms with E-state index in [9.17, 15) is 0 Å². The molecule has 0 radical (unpaired) electrons. The second-order valence-corrected chi connectivity index (χ2v) is 5.59. The number of benzene rings is 1. The highest BCUT2D eigenvalue weighted by atomic mass is 35.5. The molecule has 0 aliphatic carbocycles. The summed E-state index contributed by atoms with van der Waals surface area (Å²) in [6.45, 7) is 8.01. The quantitative estimate of drug-likeness (QED) is 0.935. The summed E-state index contributed by atoms with van der Waals surface area (Å²) in [4.78, 5) is 0. The van der Waals surface area contributed by atoms with E-state index in [1.807, 2.05) is 25.5 Å². The first-order chi connectivity index (χ1) is 8.90. The van der Waals surface area contributed by atoms with Crippen molar-refractivity contribution in [2.45, 2.75) is 40.2 Å². The molecule has 0 spiro atoms. The van der Waals surface area contributed by atoms with Gasteiger partial charge in [-0.15, -0.1) is 0 Å². The lowest BCUT2D eigenvalue weighted by Crippen LogP contribution is -2.19. The third-order valence-corrected chi connectivity index (χ3v) is 3.76. The molecule has 2 aromatic rings. The van der Waals surface area contributed by atoms with Crippen molar-refractivity contribution >= 4 is 11.6 Å². The van der Waals surface area contributed by atoms with Crippen LogP contribution in [0.3, 0.4) is 0 Å². The first-order valence-electron chi connectivity index (χ1n) is 6.47. The number of nitrogens with zero attached hydrogens (tertiary/aromatic N) is 2. The predicted molar refractivity (Wildman–Crippen MR) is 80.1 cm³/mol. The van der Waals surface area contributed by atoms with E-state index in [1.54, 1.807) is 0 Å². The van der Waals surface area contributed by atoms with Crippen LogP contribution in [-0.2, 0) is 6.42 Å². The van der Waals surface area contributed by atoms with Gasteiger partial charge in [-0.3, -0.25) is 0 Å². The van der Waals surface area contributed by atoms with Gasteiger partial charge in [0.15, 0.2) is 0 Å². The molecule has 1 atom stereocenters. The Bertz CT molecular complexity index is 600.